The van der Waals surface area contributed by atoms with Gasteiger partial charge in [0.25, 0.3) is 0 Å². The summed E-state index contributed by atoms with van der Waals surface area (Å²) in [5.41, 5.74) is 1.16. The molecule has 3 aromatic carbocycles. The number of phenolic OH excluding ortho intramolecular Hbond substituents is 5. The number of rotatable bonds is 3. The number of aliphatic hydroxyl groups excluding tert-OH is 1. The summed E-state index contributed by atoms with van der Waals surface area (Å²) in [6, 6.07) is 11.2. The largest absolute Gasteiger partial charge is 0.508 e. The minimum atomic E-state index is -1.23. The third-order valence-corrected chi connectivity index (χ3v) is 5.25. The van der Waals surface area contributed by atoms with Crippen molar-refractivity contribution >= 4 is 0 Å². The van der Waals surface area contributed by atoms with Crippen LogP contribution in [0.1, 0.15) is 28.7 Å². The van der Waals surface area contributed by atoms with E-state index in [2.05, 4.69) is 0 Å². The van der Waals surface area contributed by atoms with Crippen LogP contribution in [0.2, 0.25) is 0 Å². The fraction of sp³-hybridized carbons (Fsp3) is 0.182. The second kappa shape index (κ2) is 7.23. The maximum atomic E-state index is 11.2. The van der Waals surface area contributed by atoms with Crippen molar-refractivity contribution in [2.45, 2.75) is 18.1 Å². The van der Waals surface area contributed by atoms with E-state index in [0.29, 0.717) is 11.1 Å². The van der Waals surface area contributed by atoms with Crippen molar-refractivity contribution in [3.05, 3.63) is 65.2 Å². The first kappa shape index (κ1) is 19.5. The SMILES string of the molecule is COc1c(O)ccc([C@H]2c3ccc(O)cc3O[C@H](c3ccc(O)c(O)c3)[C@H]2O)c1O. The van der Waals surface area contributed by atoms with Crippen LogP contribution in [-0.4, -0.2) is 43.9 Å². The molecule has 0 saturated heterocycles. The molecule has 4 rings (SSSR count). The highest BCUT2D eigenvalue weighted by Crippen LogP contribution is 2.51. The second-order valence-electron chi connectivity index (χ2n) is 7.03. The molecule has 0 radical (unpaired) electrons. The van der Waals surface area contributed by atoms with E-state index >= 15 is 0 Å². The first-order chi connectivity index (χ1) is 14.3. The van der Waals surface area contributed by atoms with E-state index in [9.17, 15) is 30.6 Å². The molecule has 0 fully saturated rings. The van der Waals surface area contributed by atoms with Crippen LogP contribution < -0.4 is 9.47 Å². The van der Waals surface area contributed by atoms with Gasteiger partial charge in [-0.15, -0.1) is 0 Å². The zero-order valence-corrected chi connectivity index (χ0v) is 15.9. The van der Waals surface area contributed by atoms with Gasteiger partial charge in [-0.25, -0.2) is 0 Å². The second-order valence-corrected chi connectivity index (χ2v) is 7.03. The van der Waals surface area contributed by atoms with Gasteiger partial charge in [-0.1, -0.05) is 18.2 Å². The van der Waals surface area contributed by atoms with Crippen LogP contribution in [0.5, 0.6) is 40.2 Å². The summed E-state index contributed by atoms with van der Waals surface area (Å²) < 4.78 is 11.0. The van der Waals surface area contributed by atoms with Crippen LogP contribution in [0.15, 0.2) is 48.5 Å². The fourth-order valence-electron chi connectivity index (χ4n) is 3.81. The summed E-state index contributed by atoms with van der Waals surface area (Å²) >= 11 is 0. The molecule has 1 aliphatic heterocycles. The summed E-state index contributed by atoms with van der Waals surface area (Å²) in [4.78, 5) is 0. The van der Waals surface area contributed by atoms with E-state index in [4.69, 9.17) is 9.47 Å². The molecular weight excluding hydrogens is 392 g/mol. The van der Waals surface area contributed by atoms with Crippen molar-refractivity contribution in [3.63, 3.8) is 0 Å². The maximum absolute atomic E-state index is 11.2. The quantitative estimate of drug-likeness (QED) is 0.361. The summed E-state index contributed by atoms with van der Waals surface area (Å²) in [7, 11) is 1.30. The van der Waals surface area contributed by atoms with E-state index in [1.165, 1.54) is 49.6 Å². The molecule has 0 aliphatic carbocycles. The van der Waals surface area contributed by atoms with Crippen LogP contribution in [0.4, 0.5) is 0 Å². The predicted octanol–water partition coefficient (Wildman–Crippen LogP) is 2.85. The van der Waals surface area contributed by atoms with Crippen molar-refractivity contribution < 1.29 is 40.1 Å². The topological polar surface area (TPSA) is 140 Å². The molecular formula is C22H20O8. The van der Waals surface area contributed by atoms with Crippen molar-refractivity contribution in [1.29, 1.82) is 0 Å². The normalized spacial score (nSPS) is 20.3. The number of methoxy groups -OCH3 is 1. The summed E-state index contributed by atoms with van der Waals surface area (Å²) in [6.45, 7) is 0. The molecule has 0 unspecified atom stereocenters. The van der Waals surface area contributed by atoms with Gasteiger partial charge in [-0.2, -0.15) is 0 Å². The number of benzene rings is 3. The third kappa shape index (κ3) is 3.07. The number of hydrogen-bond donors (Lipinski definition) is 6. The number of hydrogen-bond acceptors (Lipinski definition) is 8. The Labute approximate surface area is 171 Å². The molecule has 1 aliphatic rings. The Hall–Kier alpha value is -3.78. The van der Waals surface area contributed by atoms with Gasteiger partial charge in [0.15, 0.2) is 29.1 Å². The lowest BCUT2D eigenvalue weighted by molar-refractivity contribution is 0.00772. The van der Waals surface area contributed by atoms with Crippen molar-refractivity contribution in [3.8, 4) is 40.2 Å². The van der Waals surface area contributed by atoms with E-state index < -0.39 is 18.1 Å². The van der Waals surface area contributed by atoms with Gasteiger partial charge in [0, 0.05) is 23.1 Å². The molecule has 1 heterocycles. The Morgan fingerprint density at radius 1 is 0.800 bits per heavy atom. The fourth-order valence-corrected chi connectivity index (χ4v) is 3.81. The monoisotopic (exact) mass is 412 g/mol. The van der Waals surface area contributed by atoms with Crippen molar-refractivity contribution in [1.82, 2.24) is 0 Å². The Morgan fingerprint density at radius 2 is 1.50 bits per heavy atom. The Morgan fingerprint density at radius 3 is 2.20 bits per heavy atom. The molecule has 0 amide bonds. The minimum Gasteiger partial charge on any atom is -0.508 e. The highest BCUT2D eigenvalue weighted by molar-refractivity contribution is 5.60. The third-order valence-electron chi connectivity index (χ3n) is 5.25. The van der Waals surface area contributed by atoms with Crippen LogP contribution >= 0.6 is 0 Å². The lowest BCUT2D eigenvalue weighted by Gasteiger charge is -2.37. The van der Waals surface area contributed by atoms with E-state index in [1.807, 2.05) is 0 Å². The minimum absolute atomic E-state index is 0.0521. The molecule has 8 heteroatoms. The van der Waals surface area contributed by atoms with Crippen LogP contribution in [0.3, 0.4) is 0 Å². The molecule has 0 spiro atoms. The molecule has 156 valence electrons. The number of fused-ring (bicyclic) bond motifs is 1. The van der Waals surface area contributed by atoms with Gasteiger partial charge < -0.3 is 40.1 Å². The standard InChI is InChI=1S/C22H20O8/c1-29-22-15(25)7-5-13(19(22)27)18-12-4-3-11(23)9-17(12)30-21(20(18)28)10-2-6-14(24)16(26)8-10/h2-9,18,20-21,23-28H,1H3/t18-,20+,21-/m1/s1. The Kier molecular flexibility index (Phi) is 4.71. The number of aromatic hydroxyl groups is 5. The molecule has 0 saturated carbocycles. The van der Waals surface area contributed by atoms with E-state index in [-0.39, 0.29) is 45.8 Å². The first-order valence-electron chi connectivity index (χ1n) is 9.10. The highest BCUT2D eigenvalue weighted by atomic mass is 16.5. The lowest BCUT2D eigenvalue weighted by atomic mass is 9.79. The highest BCUT2D eigenvalue weighted by Gasteiger charge is 2.41. The number of aliphatic hydroxyl groups is 1. The summed E-state index contributed by atoms with van der Waals surface area (Å²) in [5, 5.41) is 61.2. The number of phenols is 5. The predicted molar refractivity (Wildman–Crippen MR) is 105 cm³/mol. The zero-order valence-electron chi connectivity index (χ0n) is 15.9. The molecule has 8 nitrogen and oxygen atoms in total. The van der Waals surface area contributed by atoms with Crippen molar-refractivity contribution in [2.24, 2.45) is 0 Å². The zero-order chi connectivity index (χ0) is 21.6. The van der Waals surface area contributed by atoms with Gasteiger partial charge in [-0.05, 0) is 29.8 Å². The lowest BCUT2D eigenvalue weighted by Crippen LogP contribution is -2.35. The Bertz CT molecular complexity index is 1110. The summed E-state index contributed by atoms with van der Waals surface area (Å²) in [6.07, 6.45) is -2.22. The smallest absolute Gasteiger partial charge is 0.203 e. The van der Waals surface area contributed by atoms with Crippen LogP contribution in [-0.2, 0) is 0 Å². The molecule has 0 bridgehead atoms. The molecule has 3 aromatic rings. The number of ether oxygens (including phenoxy) is 2. The van der Waals surface area contributed by atoms with Gasteiger partial charge in [0.2, 0.25) is 5.75 Å². The maximum Gasteiger partial charge on any atom is 0.203 e. The van der Waals surface area contributed by atoms with Crippen LogP contribution in [0.25, 0.3) is 0 Å². The van der Waals surface area contributed by atoms with E-state index in [1.54, 1.807) is 6.07 Å². The summed E-state index contributed by atoms with van der Waals surface area (Å²) in [5.74, 6) is -2.02. The van der Waals surface area contributed by atoms with Gasteiger partial charge in [-0.3, -0.25) is 0 Å². The Balaban J connectivity index is 1.90. The van der Waals surface area contributed by atoms with Gasteiger partial charge in [0.05, 0.1) is 7.11 Å². The average molecular weight is 412 g/mol. The van der Waals surface area contributed by atoms with Crippen LogP contribution in [0, 0.1) is 0 Å². The van der Waals surface area contributed by atoms with E-state index in [0.717, 1.165) is 0 Å². The molecule has 30 heavy (non-hydrogen) atoms. The van der Waals surface area contributed by atoms with Gasteiger partial charge in [0.1, 0.15) is 17.6 Å². The van der Waals surface area contributed by atoms with Crippen molar-refractivity contribution in [2.75, 3.05) is 7.11 Å². The molecule has 6 N–H and O–H groups in total. The average Bonchev–Trinajstić information content (AvgIpc) is 2.71. The molecule has 3 atom stereocenters. The molecule has 0 aromatic heterocycles. The first-order valence-corrected chi connectivity index (χ1v) is 9.10. The van der Waals surface area contributed by atoms with Gasteiger partial charge >= 0.3 is 0 Å².